The summed E-state index contributed by atoms with van der Waals surface area (Å²) >= 11 is 0. The lowest BCUT2D eigenvalue weighted by molar-refractivity contribution is -0.0272. The van der Waals surface area contributed by atoms with E-state index in [1.807, 2.05) is 0 Å². The maximum Gasteiger partial charge on any atom is 0.282 e. The van der Waals surface area contributed by atoms with Crippen LogP contribution < -0.4 is 0 Å². The SMILES string of the molecule is O=S(=O)(N1CCCCC1CO)N1CCOC2CCCC21. The number of ether oxygens (including phenoxy) is 1. The van der Waals surface area contributed by atoms with Gasteiger partial charge in [-0.25, -0.2) is 0 Å². The average Bonchev–Trinajstić information content (AvgIpc) is 2.95. The molecule has 2 saturated heterocycles. The standard InChI is InChI=1S/C13H24N2O4S/c16-10-11-4-1-2-7-14(11)20(17,18)15-8-9-19-13-6-3-5-12(13)15/h11-13,16H,1-10H2. The van der Waals surface area contributed by atoms with Gasteiger partial charge in [0.25, 0.3) is 10.2 Å². The van der Waals surface area contributed by atoms with Crippen LogP contribution in [0.4, 0.5) is 0 Å². The zero-order valence-electron chi connectivity index (χ0n) is 11.8. The summed E-state index contributed by atoms with van der Waals surface area (Å²) in [7, 11) is -3.47. The minimum atomic E-state index is -3.47. The highest BCUT2D eigenvalue weighted by atomic mass is 32.2. The fourth-order valence-corrected chi connectivity index (χ4v) is 5.84. The third kappa shape index (κ3) is 2.50. The topological polar surface area (TPSA) is 70.1 Å². The molecule has 3 atom stereocenters. The van der Waals surface area contributed by atoms with Gasteiger partial charge in [0.2, 0.25) is 0 Å². The van der Waals surface area contributed by atoms with Crippen molar-refractivity contribution in [2.75, 3.05) is 26.3 Å². The van der Waals surface area contributed by atoms with Crippen LogP contribution in [-0.4, -0.2) is 66.6 Å². The maximum atomic E-state index is 12.9. The van der Waals surface area contributed by atoms with Crippen LogP contribution in [0.2, 0.25) is 0 Å². The van der Waals surface area contributed by atoms with Gasteiger partial charge >= 0.3 is 0 Å². The Labute approximate surface area is 120 Å². The van der Waals surface area contributed by atoms with Crippen LogP contribution in [0.15, 0.2) is 0 Å². The highest BCUT2D eigenvalue weighted by Crippen LogP contribution is 2.33. The summed E-state index contributed by atoms with van der Waals surface area (Å²) < 4.78 is 34.7. The van der Waals surface area contributed by atoms with Gasteiger partial charge in [-0.3, -0.25) is 0 Å². The minimum absolute atomic E-state index is 0.00461. The van der Waals surface area contributed by atoms with Crippen LogP contribution >= 0.6 is 0 Å². The summed E-state index contributed by atoms with van der Waals surface area (Å²) in [5, 5.41) is 9.46. The first-order valence-electron chi connectivity index (χ1n) is 7.65. The summed E-state index contributed by atoms with van der Waals surface area (Å²) in [6, 6.07) is -0.258. The van der Waals surface area contributed by atoms with Crippen molar-refractivity contribution in [3.8, 4) is 0 Å². The molecule has 7 heteroatoms. The Hall–Kier alpha value is -0.210. The molecule has 3 rings (SSSR count). The van der Waals surface area contributed by atoms with Crippen LogP contribution in [0, 0.1) is 0 Å². The van der Waals surface area contributed by atoms with Crippen molar-refractivity contribution in [1.29, 1.82) is 0 Å². The minimum Gasteiger partial charge on any atom is -0.395 e. The fourth-order valence-electron chi connectivity index (χ4n) is 3.77. The highest BCUT2D eigenvalue weighted by molar-refractivity contribution is 7.86. The second-order valence-corrected chi connectivity index (χ2v) is 7.80. The van der Waals surface area contributed by atoms with Crippen molar-refractivity contribution < 1.29 is 18.3 Å². The first-order chi connectivity index (χ1) is 9.64. The van der Waals surface area contributed by atoms with Crippen molar-refractivity contribution in [1.82, 2.24) is 8.61 Å². The molecule has 0 aromatic heterocycles. The summed E-state index contributed by atoms with van der Waals surface area (Å²) in [4.78, 5) is 0. The quantitative estimate of drug-likeness (QED) is 0.816. The number of fused-ring (bicyclic) bond motifs is 1. The Bertz CT molecular complexity index is 442. The van der Waals surface area contributed by atoms with Gasteiger partial charge in [-0.05, 0) is 32.1 Å². The van der Waals surface area contributed by atoms with Crippen LogP contribution in [0.1, 0.15) is 38.5 Å². The maximum absolute atomic E-state index is 12.9. The van der Waals surface area contributed by atoms with Gasteiger partial charge in [0.15, 0.2) is 0 Å². The molecule has 0 spiro atoms. The van der Waals surface area contributed by atoms with Gasteiger partial charge in [-0.1, -0.05) is 6.42 Å². The van der Waals surface area contributed by atoms with E-state index in [2.05, 4.69) is 0 Å². The van der Waals surface area contributed by atoms with Crippen LogP contribution in [0.25, 0.3) is 0 Å². The molecule has 0 aromatic carbocycles. The molecule has 0 bridgehead atoms. The summed E-state index contributed by atoms with van der Waals surface area (Å²) in [5.41, 5.74) is 0. The van der Waals surface area contributed by atoms with E-state index in [1.54, 1.807) is 4.31 Å². The van der Waals surface area contributed by atoms with E-state index in [4.69, 9.17) is 4.74 Å². The van der Waals surface area contributed by atoms with Crippen molar-refractivity contribution >= 4 is 10.2 Å². The normalized spacial score (nSPS) is 37.0. The van der Waals surface area contributed by atoms with Crippen molar-refractivity contribution in [2.45, 2.75) is 56.7 Å². The Balaban J connectivity index is 1.82. The zero-order chi connectivity index (χ0) is 14.2. The molecule has 3 aliphatic rings. The van der Waals surface area contributed by atoms with Crippen LogP contribution in [-0.2, 0) is 14.9 Å². The number of nitrogens with zero attached hydrogens (tertiary/aromatic N) is 2. The van der Waals surface area contributed by atoms with E-state index in [-0.39, 0.29) is 24.8 Å². The Morgan fingerprint density at radius 1 is 1.05 bits per heavy atom. The highest BCUT2D eigenvalue weighted by Gasteiger charge is 2.45. The van der Waals surface area contributed by atoms with Crippen molar-refractivity contribution in [3.05, 3.63) is 0 Å². The Kier molecular flexibility index (Phi) is 4.33. The fraction of sp³-hybridized carbons (Fsp3) is 1.00. The molecule has 0 aromatic rings. The molecule has 1 aliphatic carbocycles. The molecule has 1 N–H and O–H groups in total. The van der Waals surface area contributed by atoms with Crippen LogP contribution in [0.3, 0.4) is 0 Å². The van der Waals surface area contributed by atoms with Gasteiger partial charge in [0, 0.05) is 19.1 Å². The van der Waals surface area contributed by atoms with Gasteiger partial charge in [-0.15, -0.1) is 0 Å². The van der Waals surface area contributed by atoms with Crippen LogP contribution in [0.5, 0.6) is 0 Å². The van der Waals surface area contributed by atoms with E-state index in [0.29, 0.717) is 19.7 Å². The Morgan fingerprint density at radius 3 is 2.70 bits per heavy atom. The molecule has 6 nitrogen and oxygen atoms in total. The number of aliphatic hydroxyl groups excluding tert-OH is 1. The van der Waals surface area contributed by atoms with E-state index in [1.165, 1.54) is 4.31 Å². The summed E-state index contributed by atoms with van der Waals surface area (Å²) in [6.45, 7) is 1.37. The predicted molar refractivity (Wildman–Crippen MR) is 74.4 cm³/mol. The number of rotatable bonds is 3. The number of aliphatic hydroxyl groups is 1. The number of hydrogen-bond acceptors (Lipinski definition) is 4. The van der Waals surface area contributed by atoms with E-state index in [0.717, 1.165) is 38.5 Å². The zero-order valence-corrected chi connectivity index (χ0v) is 12.6. The van der Waals surface area contributed by atoms with Crippen molar-refractivity contribution in [3.63, 3.8) is 0 Å². The molecule has 1 saturated carbocycles. The second-order valence-electron chi connectivity index (χ2n) is 5.97. The predicted octanol–water partition coefficient (Wildman–Crippen LogP) is 0.331. The Morgan fingerprint density at radius 2 is 1.90 bits per heavy atom. The molecule has 2 heterocycles. The largest absolute Gasteiger partial charge is 0.395 e. The molecule has 3 fully saturated rings. The number of hydrogen-bond donors (Lipinski definition) is 1. The lowest BCUT2D eigenvalue weighted by Crippen LogP contribution is -2.58. The first-order valence-corrected chi connectivity index (χ1v) is 9.05. The van der Waals surface area contributed by atoms with Crippen molar-refractivity contribution in [2.24, 2.45) is 0 Å². The van der Waals surface area contributed by atoms with Gasteiger partial charge < -0.3 is 9.84 Å². The monoisotopic (exact) mass is 304 g/mol. The molecule has 0 radical (unpaired) electrons. The number of piperidine rings is 1. The van der Waals surface area contributed by atoms with E-state index < -0.39 is 10.2 Å². The summed E-state index contributed by atoms with van der Waals surface area (Å²) in [5.74, 6) is 0. The number of morpholine rings is 1. The smallest absolute Gasteiger partial charge is 0.282 e. The molecule has 0 amide bonds. The third-order valence-electron chi connectivity index (χ3n) is 4.81. The first kappa shape index (κ1) is 14.7. The molecule has 116 valence electrons. The molecular formula is C13H24N2O4S. The molecule has 3 unspecified atom stereocenters. The summed E-state index contributed by atoms with van der Waals surface area (Å²) in [6.07, 6.45) is 5.58. The van der Waals surface area contributed by atoms with Gasteiger partial charge in [0.1, 0.15) is 0 Å². The third-order valence-corrected chi connectivity index (χ3v) is 6.93. The molecule has 20 heavy (non-hydrogen) atoms. The lowest BCUT2D eigenvalue weighted by atomic mass is 10.1. The second kappa shape index (κ2) is 5.88. The van der Waals surface area contributed by atoms with Gasteiger partial charge in [-0.2, -0.15) is 17.0 Å². The average molecular weight is 304 g/mol. The van der Waals surface area contributed by atoms with Gasteiger partial charge in [0.05, 0.1) is 25.4 Å². The molecule has 2 aliphatic heterocycles. The van der Waals surface area contributed by atoms with E-state index in [9.17, 15) is 13.5 Å². The molecular weight excluding hydrogens is 280 g/mol. The van der Waals surface area contributed by atoms with E-state index >= 15 is 0 Å². The lowest BCUT2D eigenvalue weighted by Gasteiger charge is -2.42.